The molecule has 0 aliphatic heterocycles. The lowest BCUT2D eigenvalue weighted by Crippen LogP contribution is -2.36. The molecule has 0 unspecified atom stereocenters. The molecule has 0 aliphatic rings. The number of hydrogen-bond donors (Lipinski definition) is 0. The molecule has 148 valence electrons. The van der Waals surface area contributed by atoms with Gasteiger partial charge in [-0.3, -0.25) is 14.2 Å². The van der Waals surface area contributed by atoms with Gasteiger partial charge in [0.2, 0.25) is 6.29 Å². The average Bonchev–Trinajstić information content (AvgIpc) is 2.48. The van der Waals surface area contributed by atoms with Crippen molar-refractivity contribution in [2.75, 3.05) is 26.2 Å². The Balaban J connectivity index is 4.98. The van der Waals surface area contributed by atoms with Crippen molar-refractivity contribution in [1.29, 1.82) is 0 Å². The molecule has 0 saturated carbocycles. The molecule has 0 spiro atoms. The van der Waals surface area contributed by atoms with Crippen molar-refractivity contribution in [3.05, 3.63) is 0 Å². The van der Waals surface area contributed by atoms with Gasteiger partial charge >= 0.3 is 19.5 Å². The van der Waals surface area contributed by atoms with Gasteiger partial charge in [0.15, 0.2) is 18.8 Å². The van der Waals surface area contributed by atoms with Crippen molar-refractivity contribution in [3.8, 4) is 0 Å². The van der Waals surface area contributed by atoms with E-state index in [0.717, 1.165) is 20.8 Å². The molecule has 0 aliphatic carbocycles. The fourth-order valence-corrected chi connectivity index (χ4v) is 2.89. The summed E-state index contributed by atoms with van der Waals surface area (Å²) in [7, 11) is -3.56. The van der Waals surface area contributed by atoms with Crippen LogP contribution in [0.15, 0.2) is 0 Å². The van der Waals surface area contributed by atoms with Crippen LogP contribution in [-0.4, -0.2) is 56.9 Å². The molecule has 0 aromatic rings. The Morgan fingerprint density at radius 1 is 1.08 bits per heavy atom. The van der Waals surface area contributed by atoms with E-state index >= 15 is 0 Å². The quantitative estimate of drug-likeness (QED) is 0.267. The zero-order chi connectivity index (χ0) is 19.5. The molecular formula is C14H26FO9P. The van der Waals surface area contributed by atoms with Crippen LogP contribution < -0.4 is 0 Å². The summed E-state index contributed by atoms with van der Waals surface area (Å²) in [5.74, 6) is -1.40. The molecule has 11 heteroatoms. The van der Waals surface area contributed by atoms with Crippen LogP contribution in [-0.2, 0) is 42.1 Å². The van der Waals surface area contributed by atoms with Gasteiger partial charge in [0.25, 0.3) is 0 Å². The van der Waals surface area contributed by atoms with E-state index in [4.69, 9.17) is 23.3 Å². The first-order valence-corrected chi connectivity index (χ1v) is 9.46. The Kier molecular flexibility index (Phi) is 11.8. The van der Waals surface area contributed by atoms with E-state index in [1.807, 2.05) is 0 Å². The Hall–Kier alpha value is -1.06. The number of esters is 2. The molecule has 0 saturated heterocycles. The molecule has 0 heterocycles. The van der Waals surface area contributed by atoms with Crippen molar-refractivity contribution >= 4 is 19.5 Å². The summed E-state index contributed by atoms with van der Waals surface area (Å²) >= 11 is 0. The van der Waals surface area contributed by atoms with Crippen molar-refractivity contribution in [2.45, 2.75) is 53.4 Å². The minimum atomic E-state index is -3.56. The largest absolute Gasteiger partial charge is 0.460 e. The van der Waals surface area contributed by atoms with Crippen molar-refractivity contribution in [3.63, 3.8) is 0 Å². The van der Waals surface area contributed by atoms with Crippen LogP contribution >= 0.6 is 7.60 Å². The third kappa shape index (κ3) is 11.2. The van der Waals surface area contributed by atoms with Gasteiger partial charge in [-0.1, -0.05) is 0 Å². The third-order valence-corrected chi connectivity index (χ3v) is 4.20. The molecule has 0 bridgehead atoms. The fraction of sp³-hybridized carbons (Fsp3) is 0.857. The number of hydrogen-bond acceptors (Lipinski definition) is 9. The molecule has 0 amide bonds. The Morgan fingerprint density at radius 2 is 1.64 bits per heavy atom. The van der Waals surface area contributed by atoms with E-state index in [1.54, 1.807) is 13.8 Å². The van der Waals surface area contributed by atoms with Crippen LogP contribution in [0.25, 0.3) is 0 Å². The number of carbonyl (C=O) groups is 2. The van der Waals surface area contributed by atoms with Crippen LogP contribution in [0.1, 0.15) is 34.6 Å². The van der Waals surface area contributed by atoms with Gasteiger partial charge in [-0.05, 0) is 20.8 Å². The second-order valence-corrected chi connectivity index (χ2v) is 6.76. The summed E-state index contributed by atoms with van der Waals surface area (Å²) in [6.07, 6.45) is -5.14. The predicted octanol–water partition coefficient (Wildman–Crippen LogP) is 2.38. The summed E-state index contributed by atoms with van der Waals surface area (Å²) in [5.41, 5.74) is 0. The van der Waals surface area contributed by atoms with Gasteiger partial charge in [-0.25, -0.2) is 4.39 Å². The third-order valence-electron chi connectivity index (χ3n) is 2.44. The van der Waals surface area contributed by atoms with Gasteiger partial charge in [-0.2, -0.15) is 0 Å². The normalized spacial score (nSPS) is 15.3. The van der Waals surface area contributed by atoms with Crippen LogP contribution in [0.4, 0.5) is 4.39 Å². The molecule has 9 nitrogen and oxygen atoms in total. The van der Waals surface area contributed by atoms with Crippen molar-refractivity contribution < 1.29 is 46.5 Å². The van der Waals surface area contributed by atoms with Crippen LogP contribution in [0.3, 0.4) is 0 Å². The van der Waals surface area contributed by atoms with E-state index < -0.39 is 51.2 Å². The molecule has 0 N–H and O–H groups in total. The Labute approximate surface area is 146 Å². The van der Waals surface area contributed by atoms with E-state index in [-0.39, 0.29) is 13.2 Å². The van der Waals surface area contributed by atoms with Gasteiger partial charge in [0.1, 0.15) is 6.61 Å². The second kappa shape index (κ2) is 12.3. The minimum Gasteiger partial charge on any atom is -0.460 e. The molecule has 0 aromatic carbocycles. The monoisotopic (exact) mass is 388 g/mol. The zero-order valence-electron chi connectivity index (χ0n) is 15.1. The van der Waals surface area contributed by atoms with Gasteiger partial charge in [-0.15, -0.1) is 0 Å². The highest BCUT2D eigenvalue weighted by Crippen LogP contribution is 2.48. The van der Waals surface area contributed by atoms with Gasteiger partial charge < -0.3 is 28.0 Å². The number of ether oxygens (including phenoxy) is 4. The summed E-state index contributed by atoms with van der Waals surface area (Å²) in [6, 6.07) is 0. The Morgan fingerprint density at radius 3 is 2.04 bits per heavy atom. The lowest BCUT2D eigenvalue weighted by Gasteiger charge is -2.26. The first kappa shape index (κ1) is 23.9. The number of carbonyl (C=O) groups excluding carboxylic acids is 2. The Bertz CT molecular complexity index is 448. The molecule has 25 heavy (non-hydrogen) atoms. The topological polar surface area (TPSA) is 107 Å². The SMILES string of the molecule is CCOP(=O)(CO[C@H](COC(C)=O)O[C@@H](OC(C)=O)[C@H](C)F)OCC. The lowest BCUT2D eigenvalue weighted by molar-refractivity contribution is -0.261. The standard InChI is InChI=1S/C14H26FO9P/c1-6-21-25(18,22-7-2)9-20-13(8-19-11(4)16)24-14(10(3)15)23-12(5)17/h10,13-14H,6-9H2,1-5H3/t10-,13-,14+/m0/s1. The second-order valence-electron chi connectivity index (χ2n) is 4.77. The molecule has 3 atom stereocenters. The molecular weight excluding hydrogens is 362 g/mol. The van der Waals surface area contributed by atoms with Gasteiger partial charge in [0, 0.05) is 13.8 Å². The van der Waals surface area contributed by atoms with Crippen LogP contribution in [0.2, 0.25) is 0 Å². The van der Waals surface area contributed by atoms with Crippen molar-refractivity contribution in [1.82, 2.24) is 0 Å². The number of rotatable bonds is 13. The highest BCUT2D eigenvalue weighted by Gasteiger charge is 2.30. The van der Waals surface area contributed by atoms with Crippen molar-refractivity contribution in [2.24, 2.45) is 0 Å². The average molecular weight is 388 g/mol. The first-order chi connectivity index (χ1) is 11.6. The van der Waals surface area contributed by atoms with E-state index in [9.17, 15) is 18.5 Å². The highest BCUT2D eigenvalue weighted by atomic mass is 31.2. The van der Waals surface area contributed by atoms with Crippen LogP contribution in [0, 0.1) is 0 Å². The smallest absolute Gasteiger partial charge is 0.356 e. The number of alkyl halides is 1. The minimum absolute atomic E-state index is 0.119. The van der Waals surface area contributed by atoms with Crippen LogP contribution in [0.5, 0.6) is 0 Å². The van der Waals surface area contributed by atoms with Gasteiger partial charge in [0.05, 0.1) is 13.2 Å². The lowest BCUT2D eigenvalue weighted by atomic mass is 10.4. The molecule has 0 radical (unpaired) electrons. The maximum atomic E-state index is 13.5. The maximum Gasteiger partial charge on any atom is 0.356 e. The zero-order valence-corrected chi connectivity index (χ0v) is 16.0. The van der Waals surface area contributed by atoms with E-state index in [2.05, 4.69) is 4.74 Å². The fourth-order valence-electron chi connectivity index (χ4n) is 1.53. The predicted molar refractivity (Wildman–Crippen MR) is 84.4 cm³/mol. The number of halogens is 1. The molecule has 0 rings (SSSR count). The summed E-state index contributed by atoms with van der Waals surface area (Å²) < 4.78 is 55.9. The highest BCUT2D eigenvalue weighted by molar-refractivity contribution is 7.53. The molecule has 0 fully saturated rings. The molecule has 0 aromatic heterocycles. The first-order valence-electron chi connectivity index (χ1n) is 7.73. The summed E-state index contributed by atoms with van der Waals surface area (Å²) in [4.78, 5) is 22.0. The summed E-state index contributed by atoms with van der Waals surface area (Å²) in [6.45, 7) is 6.41. The summed E-state index contributed by atoms with van der Waals surface area (Å²) in [5, 5.41) is 0. The van der Waals surface area contributed by atoms with E-state index in [0.29, 0.717) is 0 Å². The maximum absolute atomic E-state index is 13.5. The van der Waals surface area contributed by atoms with E-state index in [1.165, 1.54) is 0 Å².